The lowest BCUT2D eigenvalue weighted by Crippen LogP contribution is -2.62. The van der Waals surface area contributed by atoms with Crippen LogP contribution in [0.15, 0.2) is 0 Å². The predicted octanol–water partition coefficient (Wildman–Crippen LogP) is -2.68. The highest BCUT2D eigenvalue weighted by molar-refractivity contribution is 6.06. The molecule has 0 aromatic heterocycles. The van der Waals surface area contributed by atoms with Crippen LogP contribution in [-0.2, 0) is 38.4 Å². The third-order valence-electron chi connectivity index (χ3n) is 7.34. The molecule has 45 heavy (non-hydrogen) atoms. The van der Waals surface area contributed by atoms with E-state index in [1.165, 1.54) is 0 Å². The first-order chi connectivity index (χ1) is 21.2. The summed E-state index contributed by atoms with van der Waals surface area (Å²) in [5.74, 6) is -4.60. The highest BCUT2D eigenvalue weighted by Crippen LogP contribution is 2.18. The Balaban J connectivity index is 2.32. The lowest BCUT2D eigenvalue weighted by Gasteiger charge is -2.31. The number of nitrogens with one attached hydrogen (secondary N) is 8. The molecule has 2 rings (SSSR count). The molecule has 16 heteroatoms. The van der Waals surface area contributed by atoms with E-state index in [-0.39, 0.29) is 63.7 Å². The first-order valence-corrected chi connectivity index (χ1v) is 15.5. The molecule has 252 valence electrons. The van der Waals surface area contributed by atoms with E-state index in [4.69, 9.17) is 0 Å². The van der Waals surface area contributed by atoms with Crippen LogP contribution in [0.4, 0.5) is 0 Å². The topological polar surface area (TPSA) is 233 Å². The molecule has 8 amide bonds. The number of carbonyl (C=O) groups is 8. The summed E-state index contributed by atoms with van der Waals surface area (Å²) in [6.07, 6.45) is -0.0599. The van der Waals surface area contributed by atoms with E-state index < -0.39 is 77.8 Å². The van der Waals surface area contributed by atoms with Gasteiger partial charge in [-0.05, 0) is 24.7 Å². The molecule has 2 fully saturated rings. The van der Waals surface area contributed by atoms with Gasteiger partial charge in [-0.2, -0.15) is 0 Å². The van der Waals surface area contributed by atoms with Crippen LogP contribution in [0.2, 0.25) is 0 Å². The zero-order valence-electron chi connectivity index (χ0n) is 26.6. The fourth-order valence-electron chi connectivity index (χ4n) is 4.86. The third kappa shape index (κ3) is 12.3. The van der Waals surface area contributed by atoms with Gasteiger partial charge in [0.1, 0.15) is 12.1 Å². The fraction of sp³-hybridized carbons (Fsp3) is 0.724. The molecule has 2 aliphatic heterocycles. The first kappa shape index (κ1) is 36.9. The van der Waals surface area contributed by atoms with Crippen molar-refractivity contribution in [1.82, 2.24) is 42.5 Å². The fourth-order valence-corrected chi connectivity index (χ4v) is 4.86. The molecule has 0 saturated carbocycles. The monoisotopic (exact) mass is 636 g/mol. The Morgan fingerprint density at radius 3 is 1.20 bits per heavy atom. The SMILES string of the molecule is CC(C)CC1NC(=O)CCNC(=O)C2(CNC(=O)CCNC1=O)CNC(=O)CCNC(=O)[C@H](CC(C)C)NC(=O)CCNC2=O. The van der Waals surface area contributed by atoms with Gasteiger partial charge < -0.3 is 42.5 Å². The summed E-state index contributed by atoms with van der Waals surface area (Å²) >= 11 is 0. The summed E-state index contributed by atoms with van der Waals surface area (Å²) < 4.78 is 0. The summed E-state index contributed by atoms with van der Waals surface area (Å²) in [7, 11) is 0. The van der Waals surface area contributed by atoms with Crippen LogP contribution < -0.4 is 42.5 Å². The molecule has 2 unspecified atom stereocenters. The largest absolute Gasteiger partial charge is 0.355 e. The number of hydrogen-bond acceptors (Lipinski definition) is 8. The lowest BCUT2D eigenvalue weighted by atomic mass is 9.84. The number of carbonyl (C=O) groups excluding carboxylic acids is 8. The van der Waals surface area contributed by atoms with Crippen molar-refractivity contribution in [3.8, 4) is 0 Å². The smallest absolute Gasteiger partial charge is 0.242 e. The van der Waals surface area contributed by atoms with Crippen molar-refractivity contribution >= 4 is 47.3 Å². The maximum Gasteiger partial charge on any atom is 0.242 e. The molecule has 8 N–H and O–H groups in total. The van der Waals surface area contributed by atoms with Gasteiger partial charge in [0, 0.05) is 65.0 Å². The van der Waals surface area contributed by atoms with Crippen LogP contribution in [0, 0.1) is 17.3 Å². The zero-order chi connectivity index (χ0) is 33.6. The molecule has 2 heterocycles. The van der Waals surface area contributed by atoms with Gasteiger partial charge in [-0.3, -0.25) is 38.4 Å². The molecule has 0 aromatic carbocycles. The molecule has 16 nitrogen and oxygen atoms in total. The van der Waals surface area contributed by atoms with Crippen LogP contribution >= 0.6 is 0 Å². The Labute approximate surface area is 263 Å². The number of hydrogen-bond donors (Lipinski definition) is 8. The quantitative estimate of drug-likeness (QED) is 0.151. The van der Waals surface area contributed by atoms with E-state index in [2.05, 4.69) is 42.5 Å². The molecule has 0 aliphatic carbocycles. The average molecular weight is 637 g/mol. The Morgan fingerprint density at radius 1 is 0.511 bits per heavy atom. The van der Waals surface area contributed by atoms with E-state index in [1.807, 2.05) is 27.7 Å². The molecule has 2 aliphatic rings. The second kappa shape index (κ2) is 17.9. The Kier molecular flexibility index (Phi) is 14.7. The minimum atomic E-state index is -2.06. The van der Waals surface area contributed by atoms with E-state index in [0.29, 0.717) is 12.8 Å². The van der Waals surface area contributed by atoms with Gasteiger partial charge in [0.25, 0.3) is 0 Å². The molecule has 0 aromatic rings. The van der Waals surface area contributed by atoms with Crippen molar-refractivity contribution in [3.05, 3.63) is 0 Å². The van der Waals surface area contributed by atoms with Gasteiger partial charge in [-0.15, -0.1) is 0 Å². The van der Waals surface area contributed by atoms with Crippen molar-refractivity contribution in [3.63, 3.8) is 0 Å². The second-order valence-corrected chi connectivity index (χ2v) is 12.2. The predicted molar refractivity (Wildman–Crippen MR) is 162 cm³/mol. The molecule has 0 radical (unpaired) electrons. The lowest BCUT2D eigenvalue weighted by molar-refractivity contribution is -0.143. The van der Waals surface area contributed by atoms with Gasteiger partial charge in [0.15, 0.2) is 5.41 Å². The molecule has 2 saturated heterocycles. The molecule has 0 bridgehead atoms. The highest BCUT2D eigenvalue weighted by atomic mass is 16.2. The van der Waals surface area contributed by atoms with Gasteiger partial charge in [-0.25, -0.2) is 0 Å². The molecule has 3 atom stereocenters. The van der Waals surface area contributed by atoms with Crippen molar-refractivity contribution in [2.75, 3.05) is 39.3 Å². The van der Waals surface area contributed by atoms with Crippen LogP contribution in [-0.4, -0.2) is 98.6 Å². The van der Waals surface area contributed by atoms with Crippen LogP contribution in [0.1, 0.15) is 66.2 Å². The summed E-state index contributed by atoms with van der Waals surface area (Å²) in [4.78, 5) is 104. The number of amides is 8. The third-order valence-corrected chi connectivity index (χ3v) is 7.34. The van der Waals surface area contributed by atoms with E-state index >= 15 is 0 Å². The molecule has 1 spiro atoms. The second-order valence-electron chi connectivity index (χ2n) is 12.2. The van der Waals surface area contributed by atoms with Crippen LogP contribution in [0.3, 0.4) is 0 Å². The molecular formula is C29H48N8O8. The summed E-state index contributed by atoms with van der Waals surface area (Å²) in [6.45, 7) is 5.99. The Bertz CT molecular complexity index is 1040. The normalized spacial score (nSPS) is 26.0. The van der Waals surface area contributed by atoms with E-state index in [9.17, 15) is 38.4 Å². The van der Waals surface area contributed by atoms with Gasteiger partial charge in [-0.1, -0.05) is 27.7 Å². The van der Waals surface area contributed by atoms with E-state index in [1.54, 1.807) is 0 Å². The standard InChI is InChI=1S/C29H48N8O8/c1-17(2)13-19-25(42)30-9-5-21(38)34-15-29(27(44)32-11-7-23(40)36-19)16-35-22(39)6-10-31-26(43)20(14-18(3)4)37-24(41)8-12-33-28(29)45/h17-20H,5-16H2,1-4H3,(H,30,42)(H,31,43)(H,32,44)(H,33,45)(H,34,38)(H,35,39)(H,36,40)(H,37,41)/t19-,20?,29?/m0/s1. The maximum atomic E-state index is 13.7. The zero-order valence-corrected chi connectivity index (χ0v) is 26.6. The van der Waals surface area contributed by atoms with Gasteiger partial charge in [0.05, 0.1) is 0 Å². The minimum absolute atomic E-state index is 0.0596. The Morgan fingerprint density at radius 2 is 0.844 bits per heavy atom. The number of rotatable bonds is 4. The van der Waals surface area contributed by atoms with Crippen molar-refractivity contribution in [2.45, 2.75) is 78.3 Å². The molecular weight excluding hydrogens is 588 g/mol. The van der Waals surface area contributed by atoms with Crippen molar-refractivity contribution in [1.29, 1.82) is 0 Å². The van der Waals surface area contributed by atoms with Crippen molar-refractivity contribution < 1.29 is 38.4 Å². The van der Waals surface area contributed by atoms with Crippen LogP contribution in [0.25, 0.3) is 0 Å². The Hall–Kier alpha value is -4.24. The highest BCUT2D eigenvalue weighted by Gasteiger charge is 2.46. The maximum absolute atomic E-state index is 13.7. The van der Waals surface area contributed by atoms with Crippen molar-refractivity contribution in [2.24, 2.45) is 17.3 Å². The summed E-state index contributed by atoms with van der Waals surface area (Å²) in [6, 6.07) is -1.67. The average Bonchev–Trinajstić information content (AvgIpc) is 2.95. The van der Waals surface area contributed by atoms with Gasteiger partial charge in [0.2, 0.25) is 47.3 Å². The summed E-state index contributed by atoms with van der Waals surface area (Å²) in [5.41, 5.74) is -2.06. The minimum Gasteiger partial charge on any atom is -0.355 e. The first-order valence-electron chi connectivity index (χ1n) is 15.5. The summed E-state index contributed by atoms with van der Waals surface area (Å²) in [5, 5.41) is 20.8. The van der Waals surface area contributed by atoms with Gasteiger partial charge >= 0.3 is 0 Å². The van der Waals surface area contributed by atoms with E-state index in [0.717, 1.165) is 0 Å². The van der Waals surface area contributed by atoms with Crippen LogP contribution in [0.5, 0.6) is 0 Å².